The molecule has 0 unspecified atom stereocenters. The fourth-order valence-corrected chi connectivity index (χ4v) is 4.28. The van der Waals surface area contributed by atoms with Gasteiger partial charge >= 0.3 is 0 Å². The van der Waals surface area contributed by atoms with Crippen molar-refractivity contribution in [3.05, 3.63) is 18.2 Å². The molecule has 1 aromatic heterocycles. The molecule has 0 aromatic carbocycles. The maximum Gasteiger partial charge on any atom is 0.225 e. The number of hydrogen-bond acceptors (Lipinski definition) is 3. The predicted octanol–water partition coefficient (Wildman–Crippen LogP) is 1.11. The van der Waals surface area contributed by atoms with Gasteiger partial charge in [0.25, 0.3) is 0 Å². The molecule has 0 spiro atoms. The molecule has 124 valence electrons. The van der Waals surface area contributed by atoms with E-state index in [-0.39, 0.29) is 23.8 Å². The van der Waals surface area contributed by atoms with Gasteiger partial charge in [-0.15, -0.1) is 0 Å². The second kappa shape index (κ2) is 5.98. The minimum atomic E-state index is -0.174. The highest BCUT2D eigenvalue weighted by Crippen LogP contribution is 2.29. The number of hydrogen-bond donors (Lipinski definition) is 1. The maximum absolute atomic E-state index is 12.6. The molecule has 3 heterocycles. The lowest BCUT2D eigenvalue weighted by Gasteiger charge is -2.26. The van der Waals surface area contributed by atoms with Crippen molar-refractivity contribution in [1.29, 1.82) is 0 Å². The Kier molecular flexibility index (Phi) is 3.83. The molecule has 1 aliphatic carbocycles. The van der Waals surface area contributed by atoms with Crippen LogP contribution in [0.15, 0.2) is 12.4 Å². The van der Waals surface area contributed by atoms with Gasteiger partial charge in [-0.2, -0.15) is 0 Å². The number of aromatic nitrogens is 2. The van der Waals surface area contributed by atoms with Crippen LogP contribution in [0.2, 0.25) is 0 Å². The number of rotatable bonds is 3. The molecular formula is C17H24N4O2. The summed E-state index contributed by atoms with van der Waals surface area (Å²) in [4.78, 5) is 31.1. The largest absolute Gasteiger partial charge is 0.351 e. The van der Waals surface area contributed by atoms with E-state index in [1.165, 1.54) is 12.8 Å². The number of imidazole rings is 1. The Hall–Kier alpha value is -1.85. The fourth-order valence-electron chi connectivity index (χ4n) is 4.28. The molecule has 1 N–H and O–H groups in total. The van der Waals surface area contributed by atoms with Crippen LogP contribution in [0, 0.1) is 5.92 Å². The molecule has 23 heavy (non-hydrogen) atoms. The predicted molar refractivity (Wildman–Crippen MR) is 84.6 cm³/mol. The topological polar surface area (TPSA) is 67.2 Å². The van der Waals surface area contributed by atoms with Crippen molar-refractivity contribution in [2.24, 2.45) is 5.92 Å². The number of amides is 2. The van der Waals surface area contributed by atoms with E-state index in [0.717, 1.165) is 38.1 Å². The molecule has 4 rings (SSSR count). The third-order valence-electron chi connectivity index (χ3n) is 5.58. The molecular weight excluding hydrogens is 292 g/mol. The highest BCUT2D eigenvalue weighted by atomic mass is 16.2. The standard InChI is InChI=1S/C17H24N4O2/c22-16-9-12(10-21(16)14-3-1-2-4-14)17(23)19-13-5-6-15-18-7-8-20(15)11-13/h7-8,12-14H,1-6,9-11H2,(H,19,23)/t12-,13-/m0/s1. The third kappa shape index (κ3) is 2.86. The summed E-state index contributed by atoms with van der Waals surface area (Å²) in [5, 5.41) is 3.16. The van der Waals surface area contributed by atoms with Crippen molar-refractivity contribution in [2.45, 2.75) is 63.6 Å². The van der Waals surface area contributed by atoms with Crippen LogP contribution in [-0.2, 0) is 22.6 Å². The van der Waals surface area contributed by atoms with Crippen molar-refractivity contribution < 1.29 is 9.59 Å². The Labute approximate surface area is 136 Å². The van der Waals surface area contributed by atoms with Gasteiger partial charge in [0.2, 0.25) is 11.8 Å². The van der Waals surface area contributed by atoms with Gasteiger partial charge in [0.1, 0.15) is 5.82 Å². The van der Waals surface area contributed by atoms with Crippen LogP contribution in [0.1, 0.15) is 44.3 Å². The van der Waals surface area contributed by atoms with Crippen LogP contribution in [-0.4, -0.2) is 44.9 Å². The van der Waals surface area contributed by atoms with Crippen LogP contribution < -0.4 is 5.32 Å². The molecule has 2 aliphatic heterocycles. The van der Waals surface area contributed by atoms with Gasteiger partial charge in [-0.25, -0.2) is 4.98 Å². The second-order valence-corrected chi connectivity index (χ2v) is 7.13. The molecule has 2 amide bonds. The number of likely N-dealkylation sites (tertiary alicyclic amines) is 1. The maximum atomic E-state index is 12.6. The Morgan fingerprint density at radius 3 is 2.87 bits per heavy atom. The SMILES string of the molecule is O=C(N[C@H]1CCc2nccn2C1)[C@H]1CC(=O)N(C2CCCC2)C1. The van der Waals surface area contributed by atoms with Crippen molar-refractivity contribution >= 4 is 11.8 Å². The molecule has 1 saturated carbocycles. The summed E-state index contributed by atoms with van der Waals surface area (Å²) < 4.78 is 2.11. The zero-order chi connectivity index (χ0) is 15.8. The molecule has 6 heteroatoms. The van der Waals surface area contributed by atoms with E-state index in [1.807, 2.05) is 17.3 Å². The number of carbonyl (C=O) groups excluding carboxylic acids is 2. The average Bonchev–Trinajstić information content (AvgIpc) is 3.26. The van der Waals surface area contributed by atoms with Gasteiger partial charge in [-0.05, 0) is 19.3 Å². The van der Waals surface area contributed by atoms with Crippen molar-refractivity contribution in [2.75, 3.05) is 6.54 Å². The average molecular weight is 316 g/mol. The molecule has 0 radical (unpaired) electrons. The van der Waals surface area contributed by atoms with Gasteiger partial charge in [0.15, 0.2) is 0 Å². The minimum absolute atomic E-state index is 0.0485. The zero-order valence-corrected chi connectivity index (χ0v) is 13.4. The quantitative estimate of drug-likeness (QED) is 0.908. The number of aryl methyl sites for hydroxylation is 1. The van der Waals surface area contributed by atoms with E-state index >= 15 is 0 Å². The first kappa shape index (κ1) is 14.7. The van der Waals surface area contributed by atoms with Crippen LogP contribution in [0.25, 0.3) is 0 Å². The molecule has 6 nitrogen and oxygen atoms in total. The number of carbonyl (C=O) groups is 2. The summed E-state index contributed by atoms with van der Waals surface area (Å²) >= 11 is 0. The Balaban J connectivity index is 1.34. The summed E-state index contributed by atoms with van der Waals surface area (Å²) in [5.41, 5.74) is 0. The van der Waals surface area contributed by atoms with Gasteiger partial charge in [-0.3, -0.25) is 9.59 Å². The van der Waals surface area contributed by atoms with Crippen molar-refractivity contribution in [3.8, 4) is 0 Å². The van der Waals surface area contributed by atoms with Crippen molar-refractivity contribution in [1.82, 2.24) is 19.8 Å². The fraction of sp³-hybridized carbons (Fsp3) is 0.706. The molecule has 0 bridgehead atoms. The van der Waals surface area contributed by atoms with E-state index in [9.17, 15) is 9.59 Å². The normalized spacial score (nSPS) is 28.2. The molecule has 2 atom stereocenters. The van der Waals surface area contributed by atoms with E-state index in [0.29, 0.717) is 19.0 Å². The van der Waals surface area contributed by atoms with Gasteiger partial charge < -0.3 is 14.8 Å². The second-order valence-electron chi connectivity index (χ2n) is 7.13. The number of nitrogens with one attached hydrogen (secondary N) is 1. The molecule has 1 saturated heterocycles. The van der Waals surface area contributed by atoms with E-state index in [2.05, 4.69) is 14.9 Å². The third-order valence-corrected chi connectivity index (χ3v) is 5.58. The zero-order valence-electron chi connectivity index (χ0n) is 13.4. The lowest BCUT2D eigenvalue weighted by molar-refractivity contribution is -0.130. The van der Waals surface area contributed by atoms with Crippen LogP contribution >= 0.6 is 0 Å². The Morgan fingerprint density at radius 1 is 1.22 bits per heavy atom. The van der Waals surface area contributed by atoms with Gasteiger partial charge in [0, 0.05) is 50.4 Å². The Morgan fingerprint density at radius 2 is 2.04 bits per heavy atom. The number of fused-ring (bicyclic) bond motifs is 1. The van der Waals surface area contributed by atoms with Gasteiger partial charge in [-0.1, -0.05) is 12.8 Å². The minimum Gasteiger partial charge on any atom is -0.351 e. The first-order chi connectivity index (χ1) is 11.2. The van der Waals surface area contributed by atoms with E-state index < -0.39 is 0 Å². The van der Waals surface area contributed by atoms with Crippen LogP contribution in [0.3, 0.4) is 0 Å². The first-order valence-corrected chi connectivity index (χ1v) is 8.80. The lowest BCUT2D eigenvalue weighted by atomic mass is 10.0. The summed E-state index contributed by atoms with van der Waals surface area (Å²) in [7, 11) is 0. The summed E-state index contributed by atoms with van der Waals surface area (Å²) in [6.45, 7) is 1.40. The van der Waals surface area contributed by atoms with Crippen molar-refractivity contribution in [3.63, 3.8) is 0 Å². The molecule has 1 aromatic rings. The number of nitrogens with zero attached hydrogens (tertiary/aromatic N) is 3. The highest BCUT2D eigenvalue weighted by Gasteiger charge is 2.39. The van der Waals surface area contributed by atoms with Crippen LogP contribution in [0.5, 0.6) is 0 Å². The lowest BCUT2D eigenvalue weighted by Crippen LogP contribution is -2.44. The summed E-state index contributed by atoms with van der Waals surface area (Å²) in [6, 6.07) is 0.531. The smallest absolute Gasteiger partial charge is 0.225 e. The molecule has 2 fully saturated rings. The van der Waals surface area contributed by atoms with Gasteiger partial charge in [0.05, 0.1) is 5.92 Å². The van der Waals surface area contributed by atoms with Crippen LogP contribution in [0.4, 0.5) is 0 Å². The molecule has 3 aliphatic rings. The monoisotopic (exact) mass is 316 g/mol. The van der Waals surface area contributed by atoms with E-state index in [4.69, 9.17) is 0 Å². The Bertz CT molecular complexity index is 605. The highest BCUT2D eigenvalue weighted by molar-refractivity contribution is 5.89. The summed E-state index contributed by atoms with van der Waals surface area (Å²) in [6.07, 6.45) is 10.6. The summed E-state index contributed by atoms with van der Waals surface area (Å²) in [5.74, 6) is 1.14. The van der Waals surface area contributed by atoms with E-state index in [1.54, 1.807) is 0 Å². The first-order valence-electron chi connectivity index (χ1n) is 8.80.